The van der Waals surface area contributed by atoms with Crippen LogP contribution in [-0.4, -0.2) is 11.3 Å². The van der Waals surface area contributed by atoms with Gasteiger partial charge in [0.25, 0.3) is 6.71 Å². The number of fused-ring (bicyclic) bond motifs is 14. The molecule has 21 rings (SSSR count). The minimum atomic E-state index is -0.589. The second-order valence-electron chi connectivity index (χ2n) is 32.2. The molecule has 2 aromatic heterocycles. The lowest BCUT2D eigenvalue weighted by Gasteiger charge is -2.46. The lowest BCUT2D eigenvalue weighted by Crippen LogP contribution is -2.61. The molecule has 3 aliphatic rings. The summed E-state index contributed by atoms with van der Waals surface area (Å²) in [5.41, 5.74) is 34.8. The van der Waals surface area contributed by atoms with E-state index in [0.717, 1.165) is 84.3 Å². The fourth-order valence-electron chi connectivity index (χ4n) is 18.9. The van der Waals surface area contributed by atoms with Crippen molar-refractivity contribution in [2.45, 2.75) is 57.8 Å². The van der Waals surface area contributed by atoms with Crippen LogP contribution in [0.15, 0.2) is 364 Å². The topological polar surface area (TPSA) is 11.4 Å². The Balaban J connectivity index is 0.922. The minimum absolute atomic E-state index is 0.152. The first-order chi connectivity index (χ1) is 53.9. The van der Waals surface area contributed by atoms with E-state index in [1.54, 1.807) is 0 Å². The van der Waals surface area contributed by atoms with Crippen LogP contribution >= 0.6 is 11.3 Å². The molecule has 0 amide bonds. The molecule has 0 bridgehead atoms. The van der Waals surface area contributed by atoms with Crippen molar-refractivity contribution in [1.82, 2.24) is 4.57 Å². The van der Waals surface area contributed by atoms with E-state index in [1.807, 2.05) is 11.3 Å². The second-order valence-corrected chi connectivity index (χ2v) is 33.3. The Kier molecular flexibility index (Phi) is 15.0. The number of nitrogens with zero attached hydrogens (tertiary/aromatic N) is 3. The number of aromatic nitrogens is 1. The summed E-state index contributed by atoms with van der Waals surface area (Å²) in [6.45, 7) is 13.9. The summed E-state index contributed by atoms with van der Waals surface area (Å²) >= 11 is 1.90. The van der Waals surface area contributed by atoms with Gasteiger partial charge in [-0.15, -0.1) is 11.3 Å². The number of hydrogen-bond acceptors (Lipinski definition) is 3. The number of para-hydroxylation sites is 3. The summed E-state index contributed by atoms with van der Waals surface area (Å²) in [7, 11) is 0. The van der Waals surface area contributed by atoms with Crippen molar-refractivity contribution in [1.29, 1.82) is 0 Å². The molecule has 16 aromatic carbocycles. The molecule has 110 heavy (non-hydrogen) atoms. The van der Waals surface area contributed by atoms with Crippen molar-refractivity contribution in [3.05, 3.63) is 397 Å². The summed E-state index contributed by atoms with van der Waals surface area (Å²) in [6.07, 6.45) is 0. The maximum atomic E-state index is 2.70. The van der Waals surface area contributed by atoms with Gasteiger partial charge in [-0.25, -0.2) is 0 Å². The molecular weight excluding hydrogens is 1350 g/mol. The Hall–Kier alpha value is -12.8. The number of rotatable bonds is 10. The van der Waals surface area contributed by atoms with E-state index in [0.29, 0.717) is 0 Å². The summed E-state index contributed by atoms with van der Waals surface area (Å²) < 4.78 is 5.16. The van der Waals surface area contributed by atoms with Gasteiger partial charge in [-0.1, -0.05) is 357 Å². The summed E-state index contributed by atoms with van der Waals surface area (Å²) in [4.78, 5) is 5.39. The van der Waals surface area contributed by atoms with Gasteiger partial charge in [0.1, 0.15) is 0 Å². The highest BCUT2D eigenvalue weighted by molar-refractivity contribution is 7.26. The van der Waals surface area contributed by atoms with E-state index in [4.69, 9.17) is 0 Å². The van der Waals surface area contributed by atoms with Crippen LogP contribution in [0.4, 0.5) is 34.1 Å². The lowest BCUT2D eigenvalue weighted by atomic mass is 9.33. The molecule has 2 aliphatic heterocycles. The standard InChI is InChI=1S/C105H78BN3S/c1-103(2,3)75-60-71(61-76(65-75)104(4,5)6)72-63-95-99-96(64-72)109(100-80(68-34-14-8-15-35-68)47-30-48-81(100)69-36-16-9-17-37-69)93-59-54-70(79-46-31-50-88-98(79)86-45-22-26-49-87(86)105(88,73-38-18-10-19-39-73)74-40-20-11-21-41-74)62-90(93)106(99)89-58-55-77(66-94(89)108(95)91-51-27-23-42-78(91)67-32-12-7-13-33-67)107-92-52-28-24-43-82(92)84-56-57-85-83-44-25-29-53-97(83)110-102(85)101(84)107/h7-66H,1-6H3. The van der Waals surface area contributed by atoms with Gasteiger partial charge in [0.05, 0.1) is 32.5 Å². The average Bonchev–Trinajstić information content (AvgIpc) is 0.969. The Morgan fingerprint density at radius 1 is 0.309 bits per heavy atom. The van der Waals surface area contributed by atoms with E-state index in [2.05, 4.69) is 420 Å². The van der Waals surface area contributed by atoms with Crippen molar-refractivity contribution in [2.24, 2.45) is 0 Å². The Labute approximate surface area is 648 Å². The first-order valence-electron chi connectivity index (χ1n) is 38.7. The second kappa shape index (κ2) is 25.1. The molecule has 1 aliphatic carbocycles. The molecule has 0 spiro atoms. The SMILES string of the molecule is CC(C)(C)c1cc(-c2cc3c4c(c2)N(c2c(-c5ccccc5)cccc2-c2ccccc2)c2ccc(-c5cccc6c5-c5ccccc5C6(c5ccccc5)c5ccccc5)cc2B4c2ccc(-n4c5ccccc5c5ccc6c7ccccc7sc6c54)cc2N3c2ccccc2-c2ccccc2)cc(C(C)(C)C)c1. The fraction of sp³-hybridized carbons (Fsp3) is 0.0857. The smallest absolute Gasteiger partial charge is 0.252 e. The molecule has 0 fully saturated rings. The van der Waals surface area contributed by atoms with E-state index in [9.17, 15) is 0 Å². The summed E-state index contributed by atoms with van der Waals surface area (Å²) in [6, 6.07) is 139. The minimum Gasteiger partial charge on any atom is -0.311 e. The lowest BCUT2D eigenvalue weighted by molar-refractivity contribution is 0.569. The molecule has 5 heteroatoms. The van der Waals surface area contributed by atoms with Gasteiger partial charge >= 0.3 is 0 Å². The average molecular weight is 1420 g/mol. The number of hydrogen-bond donors (Lipinski definition) is 0. The summed E-state index contributed by atoms with van der Waals surface area (Å²) in [5.74, 6) is 0. The van der Waals surface area contributed by atoms with Crippen LogP contribution in [-0.2, 0) is 16.2 Å². The monoisotopic (exact) mass is 1420 g/mol. The van der Waals surface area contributed by atoms with Crippen LogP contribution in [0.1, 0.15) is 74.9 Å². The van der Waals surface area contributed by atoms with Crippen LogP contribution in [0.25, 0.3) is 114 Å². The zero-order valence-electron chi connectivity index (χ0n) is 62.5. The van der Waals surface area contributed by atoms with Gasteiger partial charge in [-0.3, -0.25) is 0 Å². The molecular formula is C105H78BN3S. The number of anilines is 6. The summed E-state index contributed by atoms with van der Waals surface area (Å²) in [5, 5.41) is 5.04. The normalized spacial score (nSPS) is 13.4. The van der Waals surface area contributed by atoms with Crippen LogP contribution in [0.5, 0.6) is 0 Å². The third-order valence-electron chi connectivity index (χ3n) is 23.9. The van der Waals surface area contributed by atoms with Crippen molar-refractivity contribution in [3.8, 4) is 72.4 Å². The predicted molar refractivity (Wildman–Crippen MR) is 470 cm³/mol. The zero-order valence-corrected chi connectivity index (χ0v) is 63.3. The van der Waals surface area contributed by atoms with Crippen LogP contribution in [0, 0.1) is 0 Å². The molecule has 18 aromatic rings. The number of benzene rings is 16. The van der Waals surface area contributed by atoms with Gasteiger partial charge < -0.3 is 14.4 Å². The van der Waals surface area contributed by atoms with Gasteiger partial charge in [0, 0.05) is 71.4 Å². The molecule has 0 N–H and O–H groups in total. The van der Waals surface area contributed by atoms with Crippen molar-refractivity contribution < 1.29 is 0 Å². The number of thiophene rings is 1. The van der Waals surface area contributed by atoms with E-state index < -0.39 is 5.41 Å². The van der Waals surface area contributed by atoms with Gasteiger partial charge in [-0.05, 0) is 159 Å². The molecule has 0 radical (unpaired) electrons. The van der Waals surface area contributed by atoms with Gasteiger partial charge in [0.2, 0.25) is 0 Å². The third-order valence-corrected chi connectivity index (χ3v) is 25.1. The maximum Gasteiger partial charge on any atom is 0.252 e. The Bertz CT molecular complexity index is 6610. The first-order valence-corrected chi connectivity index (χ1v) is 39.5. The van der Waals surface area contributed by atoms with Crippen molar-refractivity contribution in [2.75, 3.05) is 9.80 Å². The Morgan fingerprint density at radius 2 is 0.827 bits per heavy atom. The molecule has 0 atom stereocenters. The highest BCUT2D eigenvalue weighted by Crippen LogP contribution is 2.60. The third kappa shape index (κ3) is 10.0. The Morgan fingerprint density at radius 3 is 1.49 bits per heavy atom. The largest absolute Gasteiger partial charge is 0.311 e. The van der Waals surface area contributed by atoms with Gasteiger partial charge in [-0.2, -0.15) is 0 Å². The van der Waals surface area contributed by atoms with Crippen LogP contribution in [0.2, 0.25) is 0 Å². The molecule has 0 saturated heterocycles. The maximum absolute atomic E-state index is 2.70. The van der Waals surface area contributed by atoms with Crippen molar-refractivity contribution >= 4 is 111 Å². The molecule has 0 saturated carbocycles. The molecule has 3 nitrogen and oxygen atoms in total. The highest BCUT2D eigenvalue weighted by atomic mass is 32.1. The molecule has 4 heterocycles. The van der Waals surface area contributed by atoms with Crippen molar-refractivity contribution in [3.63, 3.8) is 0 Å². The fourth-order valence-corrected chi connectivity index (χ4v) is 20.1. The quantitative estimate of drug-likeness (QED) is 0.126. The highest BCUT2D eigenvalue weighted by Gasteiger charge is 2.49. The van der Waals surface area contributed by atoms with Crippen LogP contribution < -0.4 is 26.2 Å². The zero-order chi connectivity index (χ0) is 73.7. The molecule has 0 unspecified atom stereocenters. The van der Waals surface area contributed by atoms with E-state index in [1.165, 1.54) is 114 Å². The first kappa shape index (κ1) is 65.5. The van der Waals surface area contributed by atoms with E-state index >= 15 is 0 Å². The van der Waals surface area contributed by atoms with E-state index in [-0.39, 0.29) is 17.5 Å². The van der Waals surface area contributed by atoms with Gasteiger partial charge in [0.15, 0.2) is 0 Å². The molecule has 522 valence electrons. The van der Waals surface area contributed by atoms with Crippen LogP contribution in [0.3, 0.4) is 0 Å². The predicted octanol–water partition coefficient (Wildman–Crippen LogP) is 26.5.